The van der Waals surface area contributed by atoms with Crippen LogP contribution in [-0.4, -0.2) is 10.9 Å². The lowest BCUT2D eigenvalue weighted by atomic mass is 10.1. The summed E-state index contributed by atoms with van der Waals surface area (Å²) in [5.74, 6) is -0.210. The van der Waals surface area contributed by atoms with E-state index in [0.717, 1.165) is 21.1 Å². The highest BCUT2D eigenvalue weighted by molar-refractivity contribution is 9.10. The van der Waals surface area contributed by atoms with Crippen LogP contribution in [0.2, 0.25) is 0 Å². The molecule has 0 aliphatic carbocycles. The summed E-state index contributed by atoms with van der Waals surface area (Å²) >= 11 is 3.44. The molecule has 0 atom stereocenters. The van der Waals surface area contributed by atoms with E-state index in [4.69, 9.17) is 0 Å². The smallest absolute Gasteiger partial charge is 0.248 e. The van der Waals surface area contributed by atoms with Crippen LogP contribution in [0.15, 0.2) is 65.3 Å². The second-order valence-corrected chi connectivity index (χ2v) is 6.43. The number of aromatic nitrogens is 1. The summed E-state index contributed by atoms with van der Waals surface area (Å²) in [4.78, 5) is 16.1. The van der Waals surface area contributed by atoms with E-state index in [9.17, 15) is 10.1 Å². The van der Waals surface area contributed by atoms with Gasteiger partial charge in [0, 0.05) is 27.4 Å². The molecule has 2 aromatic carbocycles. The van der Waals surface area contributed by atoms with E-state index >= 15 is 0 Å². The number of halogens is 1. The van der Waals surface area contributed by atoms with Crippen LogP contribution in [-0.2, 0) is 4.79 Å². The lowest BCUT2D eigenvalue weighted by Gasteiger charge is -2.13. The van der Waals surface area contributed by atoms with Crippen LogP contribution in [0, 0.1) is 11.3 Å². The summed E-state index contributed by atoms with van der Waals surface area (Å²) in [7, 11) is 0. The van der Waals surface area contributed by atoms with Crippen LogP contribution in [0.25, 0.3) is 10.9 Å². The maximum absolute atomic E-state index is 11.8. The highest BCUT2D eigenvalue weighted by Gasteiger charge is 2.11. The molecule has 0 unspecified atom stereocenters. The quantitative estimate of drug-likeness (QED) is 0.588. The first-order valence-corrected chi connectivity index (χ1v) is 8.69. The monoisotopic (exact) mass is 406 g/mol. The predicted octanol–water partition coefficient (Wildman–Crippen LogP) is 5.13. The van der Waals surface area contributed by atoms with Crippen LogP contribution in [0.1, 0.15) is 12.5 Å². The van der Waals surface area contributed by atoms with Gasteiger partial charge < -0.3 is 10.6 Å². The van der Waals surface area contributed by atoms with Crippen molar-refractivity contribution in [1.82, 2.24) is 4.98 Å². The Morgan fingerprint density at radius 1 is 1.23 bits per heavy atom. The van der Waals surface area contributed by atoms with Crippen molar-refractivity contribution in [2.45, 2.75) is 6.92 Å². The van der Waals surface area contributed by atoms with Crippen molar-refractivity contribution in [2.75, 3.05) is 10.6 Å². The molecule has 128 valence electrons. The summed E-state index contributed by atoms with van der Waals surface area (Å²) in [6.45, 7) is 1.78. The van der Waals surface area contributed by atoms with Gasteiger partial charge in [0.1, 0.15) is 6.07 Å². The molecule has 3 aromatic rings. The zero-order valence-electron chi connectivity index (χ0n) is 14.0. The molecular formula is C20H15BrN4O. The van der Waals surface area contributed by atoms with Crippen molar-refractivity contribution in [2.24, 2.45) is 0 Å². The molecule has 2 N–H and O–H groups in total. The standard InChI is InChI=1S/C20H15BrN4O/c1-2-4-19(26)24-16-7-8-18-17(10-16)20(13(11-22)12-23-18)25-15-6-3-5-14(21)9-15/h2-10,12H,1H3,(H,23,25)(H,24,26). The van der Waals surface area contributed by atoms with Gasteiger partial charge in [0.2, 0.25) is 5.91 Å². The summed E-state index contributed by atoms with van der Waals surface area (Å²) in [5.41, 5.74) is 3.28. The second kappa shape index (κ2) is 7.81. The average Bonchev–Trinajstić information content (AvgIpc) is 2.62. The molecule has 6 heteroatoms. The zero-order chi connectivity index (χ0) is 18.5. The summed E-state index contributed by atoms with van der Waals surface area (Å²) in [5, 5.41) is 16.3. The molecule has 0 fully saturated rings. The van der Waals surface area contributed by atoms with Crippen LogP contribution < -0.4 is 10.6 Å². The number of nitrogens with one attached hydrogen (secondary N) is 2. The molecule has 0 radical (unpaired) electrons. The Balaban J connectivity index is 2.09. The number of benzene rings is 2. The molecule has 1 heterocycles. The maximum Gasteiger partial charge on any atom is 0.248 e. The van der Waals surface area contributed by atoms with E-state index in [0.29, 0.717) is 16.9 Å². The Bertz CT molecular complexity index is 1050. The Kier molecular flexibility index (Phi) is 5.30. The molecule has 0 saturated carbocycles. The molecule has 0 aliphatic heterocycles. The molecule has 0 saturated heterocycles. The van der Waals surface area contributed by atoms with Crippen molar-refractivity contribution in [1.29, 1.82) is 5.26 Å². The first kappa shape index (κ1) is 17.6. The maximum atomic E-state index is 11.8. The number of allylic oxidation sites excluding steroid dienone is 1. The van der Waals surface area contributed by atoms with Gasteiger partial charge in [-0.2, -0.15) is 5.26 Å². The van der Waals surface area contributed by atoms with Crippen molar-refractivity contribution < 1.29 is 4.79 Å². The van der Waals surface area contributed by atoms with Crippen molar-refractivity contribution in [3.63, 3.8) is 0 Å². The van der Waals surface area contributed by atoms with Crippen LogP contribution in [0.3, 0.4) is 0 Å². The zero-order valence-corrected chi connectivity index (χ0v) is 15.5. The molecule has 5 nitrogen and oxygen atoms in total. The normalized spacial score (nSPS) is 10.7. The number of rotatable bonds is 4. The number of anilines is 3. The van der Waals surface area contributed by atoms with Gasteiger partial charge >= 0.3 is 0 Å². The molecule has 3 rings (SSSR count). The number of hydrogen-bond acceptors (Lipinski definition) is 4. The largest absolute Gasteiger partial charge is 0.354 e. The number of nitriles is 1. The highest BCUT2D eigenvalue weighted by atomic mass is 79.9. The first-order chi connectivity index (χ1) is 12.6. The van der Waals surface area contributed by atoms with Crippen LogP contribution in [0.4, 0.5) is 17.1 Å². The van der Waals surface area contributed by atoms with E-state index in [1.54, 1.807) is 25.3 Å². The lowest BCUT2D eigenvalue weighted by molar-refractivity contribution is -0.111. The van der Waals surface area contributed by atoms with Gasteiger partial charge in [-0.1, -0.05) is 28.1 Å². The van der Waals surface area contributed by atoms with E-state index in [1.807, 2.05) is 36.4 Å². The first-order valence-electron chi connectivity index (χ1n) is 7.90. The molecule has 0 bridgehead atoms. The number of hydrogen-bond donors (Lipinski definition) is 2. The van der Waals surface area contributed by atoms with Crippen molar-refractivity contribution >= 4 is 49.8 Å². The summed E-state index contributed by atoms with van der Waals surface area (Å²) in [6, 6.07) is 15.2. The second-order valence-electron chi connectivity index (χ2n) is 5.52. The summed E-state index contributed by atoms with van der Waals surface area (Å²) in [6.07, 6.45) is 4.67. The molecule has 0 aliphatic rings. The number of amides is 1. The van der Waals surface area contributed by atoms with Gasteiger partial charge in [0.05, 0.1) is 16.8 Å². The van der Waals surface area contributed by atoms with Crippen LogP contribution >= 0.6 is 15.9 Å². The lowest BCUT2D eigenvalue weighted by Crippen LogP contribution is -2.07. The number of nitrogens with zero attached hydrogens (tertiary/aromatic N) is 2. The van der Waals surface area contributed by atoms with Gasteiger partial charge in [-0.3, -0.25) is 9.78 Å². The number of fused-ring (bicyclic) bond motifs is 1. The summed E-state index contributed by atoms with van der Waals surface area (Å²) < 4.78 is 0.929. The fourth-order valence-electron chi connectivity index (χ4n) is 2.54. The van der Waals surface area contributed by atoms with Crippen molar-refractivity contribution in [3.05, 3.63) is 70.8 Å². The van der Waals surface area contributed by atoms with Gasteiger partial charge in [0.25, 0.3) is 0 Å². The number of carbonyl (C=O) groups excluding carboxylic acids is 1. The Morgan fingerprint density at radius 2 is 2.08 bits per heavy atom. The Hall–Kier alpha value is -3.17. The third-order valence-corrected chi connectivity index (χ3v) is 4.16. The van der Waals surface area contributed by atoms with Crippen LogP contribution in [0.5, 0.6) is 0 Å². The van der Waals surface area contributed by atoms with Gasteiger partial charge in [-0.15, -0.1) is 0 Å². The topological polar surface area (TPSA) is 77.8 Å². The van der Waals surface area contributed by atoms with Gasteiger partial charge in [-0.05, 0) is 49.4 Å². The number of carbonyl (C=O) groups is 1. The predicted molar refractivity (Wildman–Crippen MR) is 107 cm³/mol. The van der Waals surface area contributed by atoms with E-state index in [1.165, 1.54) is 6.08 Å². The molecule has 1 amide bonds. The minimum Gasteiger partial charge on any atom is -0.354 e. The van der Waals surface area contributed by atoms with E-state index in [-0.39, 0.29) is 5.91 Å². The minimum absolute atomic E-state index is 0.210. The molecule has 0 spiro atoms. The Labute approximate surface area is 159 Å². The van der Waals surface area contributed by atoms with Crippen molar-refractivity contribution in [3.8, 4) is 6.07 Å². The van der Waals surface area contributed by atoms with Gasteiger partial charge in [-0.25, -0.2) is 0 Å². The molecular weight excluding hydrogens is 392 g/mol. The van der Waals surface area contributed by atoms with E-state index < -0.39 is 0 Å². The fraction of sp³-hybridized carbons (Fsp3) is 0.0500. The number of pyridine rings is 1. The van der Waals surface area contributed by atoms with Gasteiger partial charge in [0.15, 0.2) is 0 Å². The molecule has 1 aromatic heterocycles. The fourth-order valence-corrected chi connectivity index (χ4v) is 2.93. The Morgan fingerprint density at radius 3 is 2.81 bits per heavy atom. The minimum atomic E-state index is -0.210. The highest BCUT2D eigenvalue weighted by Crippen LogP contribution is 2.31. The third kappa shape index (κ3) is 3.90. The SMILES string of the molecule is CC=CC(=O)Nc1ccc2ncc(C#N)c(Nc3cccc(Br)c3)c2c1. The van der Waals surface area contributed by atoms with E-state index in [2.05, 4.69) is 37.6 Å². The molecule has 26 heavy (non-hydrogen) atoms. The average molecular weight is 407 g/mol. The third-order valence-electron chi connectivity index (χ3n) is 3.67.